The van der Waals surface area contributed by atoms with Gasteiger partial charge in [-0.1, -0.05) is 6.07 Å². The first-order valence-corrected chi connectivity index (χ1v) is 9.01. The summed E-state index contributed by atoms with van der Waals surface area (Å²) in [6.07, 6.45) is -9.58. The Kier molecular flexibility index (Phi) is 5.26. The number of aromatic nitrogens is 4. The van der Waals surface area contributed by atoms with Crippen LogP contribution < -0.4 is 5.32 Å². The maximum absolute atomic E-state index is 13.6. The minimum absolute atomic E-state index is 0.155. The first-order valence-electron chi connectivity index (χ1n) is 9.01. The lowest BCUT2D eigenvalue weighted by Gasteiger charge is -2.10. The third-order valence-electron chi connectivity index (χ3n) is 4.39. The first kappa shape index (κ1) is 22.2. The van der Waals surface area contributed by atoms with Crippen LogP contribution in [0.1, 0.15) is 21.9 Å². The van der Waals surface area contributed by atoms with Crippen molar-refractivity contribution in [1.29, 1.82) is 0 Å². The molecule has 2 aromatic heterocycles. The molecule has 0 aliphatic heterocycles. The standard InChI is InChI=1S/C20H10F7N5O/c21-12-6-4-10(5-7-12)14-9-15(20(25,26)27)32-18(29-14)30-16(31-32)17(33)28-13-3-1-2-11(8-13)19(22,23)24/h1-9H,(H,28,33). The van der Waals surface area contributed by atoms with Crippen LogP contribution in [0.15, 0.2) is 54.6 Å². The van der Waals surface area contributed by atoms with Gasteiger partial charge >= 0.3 is 12.4 Å². The first-order chi connectivity index (χ1) is 15.4. The summed E-state index contributed by atoms with van der Waals surface area (Å²) >= 11 is 0. The number of nitrogens with zero attached hydrogens (tertiary/aromatic N) is 4. The minimum atomic E-state index is -4.92. The van der Waals surface area contributed by atoms with Crippen molar-refractivity contribution in [2.24, 2.45) is 0 Å². The van der Waals surface area contributed by atoms with Crippen LogP contribution in [0.3, 0.4) is 0 Å². The maximum atomic E-state index is 13.6. The third kappa shape index (κ3) is 4.61. The zero-order valence-corrected chi connectivity index (χ0v) is 16.0. The van der Waals surface area contributed by atoms with E-state index in [-0.39, 0.29) is 16.9 Å². The molecule has 0 radical (unpaired) electrons. The molecule has 6 nitrogen and oxygen atoms in total. The van der Waals surface area contributed by atoms with Crippen LogP contribution in [0, 0.1) is 5.82 Å². The fourth-order valence-electron chi connectivity index (χ4n) is 2.90. The molecular weight excluding hydrogens is 459 g/mol. The Morgan fingerprint density at radius 1 is 0.879 bits per heavy atom. The van der Waals surface area contributed by atoms with Crippen LogP contribution in [0.2, 0.25) is 0 Å². The Balaban J connectivity index is 1.74. The molecule has 1 N–H and O–H groups in total. The van der Waals surface area contributed by atoms with Gasteiger partial charge in [0.25, 0.3) is 11.7 Å². The van der Waals surface area contributed by atoms with E-state index in [2.05, 4.69) is 20.4 Å². The molecule has 0 fully saturated rings. The molecule has 170 valence electrons. The fraction of sp³-hybridized carbons (Fsp3) is 0.100. The number of carbonyl (C=O) groups is 1. The van der Waals surface area contributed by atoms with Gasteiger partial charge in [0.15, 0.2) is 5.69 Å². The van der Waals surface area contributed by atoms with Gasteiger partial charge in [-0.25, -0.2) is 9.37 Å². The summed E-state index contributed by atoms with van der Waals surface area (Å²) in [6, 6.07) is 8.80. The number of rotatable bonds is 3. The summed E-state index contributed by atoms with van der Waals surface area (Å²) in [5, 5.41) is 5.64. The van der Waals surface area contributed by atoms with Gasteiger partial charge in [-0.05, 0) is 48.5 Å². The zero-order chi connectivity index (χ0) is 24.0. The highest BCUT2D eigenvalue weighted by Gasteiger charge is 2.36. The summed E-state index contributed by atoms with van der Waals surface area (Å²) in [5.74, 6) is -3.08. The van der Waals surface area contributed by atoms with E-state index in [0.717, 1.165) is 30.3 Å². The van der Waals surface area contributed by atoms with Crippen LogP contribution >= 0.6 is 0 Å². The molecule has 2 aromatic carbocycles. The number of halogens is 7. The van der Waals surface area contributed by atoms with Crippen molar-refractivity contribution in [3.63, 3.8) is 0 Å². The number of benzene rings is 2. The monoisotopic (exact) mass is 469 g/mol. The molecule has 0 aliphatic rings. The fourth-order valence-corrected chi connectivity index (χ4v) is 2.90. The van der Waals surface area contributed by atoms with Gasteiger partial charge in [0.2, 0.25) is 5.82 Å². The van der Waals surface area contributed by atoms with Crippen LogP contribution in [0.5, 0.6) is 0 Å². The van der Waals surface area contributed by atoms with Crippen LogP contribution in [0.4, 0.5) is 36.4 Å². The van der Waals surface area contributed by atoms with E-state index >= 15 is 0 Å². The average molecular weight is 469 g/mol. The molecule has 0 bridgehead atoms. The Morgan fingerprint density at radius 3 is 2.21 bits per heavy atom. The molecule has 1 amide bonds. The van der Waals surface area contributed by atoms with Gasteiger partial charge in [0.1, 0.15) is 5.82 Å². The van der Waals surface area contributed by atoms with Gasteiger partial charge < -0.3 is 5.32 Å². The van der Waals surface area contributed by atoms with Gasteiger partial charge in [-0.15, -0.1) is 5.10 Å². The Labute approximate surface area is 179 Å². The molecule has 0 spiro atoms. The number of carbonyl (C=O) groups excluding carboxylic acids is 1. The van der Waals surface area contributed by atoms with Gasteiger partial charge in [0, 0.05) is 11.3 Å². The molecule has 13 heteroatoms. The highest BCUT2D eigenvalue weighted by atomic mass is 19.4. The third-order valence-corrected chi connectivity index (χ3v) is 4.39. The van der Waals surface area contributed by atoms with Crippen LogP contribution in [-0.4, -0.2) is 25.5 Å². The van der Waals surface area contributed by atoms with E-state index in [1.807, 2.05) is 0 Å². The van der Waals surface area contributed by atoms with Gasteiger partial charge in [-0.3, -0.25) is 4.79 Å². The SMILES string of the molecule is O=C(Nc1cccc(C(F)(F)F)c1)c1nc2nc(-c3ccc(F)cc3)cc(C(F)(F)F)n2n1. The summed E-state index contributed by atoms with van der Waals surface area (Å²) in [4.78, 5) is 20.1. The molecule has 0 saturated carbocycles. The summed E-state index contributed by atoms with van der Waals surface area (Å²) in [5.41, 5.74) is -2.65. The predicted molar refractivity (Wildman–Crippen MR) is 101 cm³/mol. The lowest BCUT2D eigenvalue weighted by atomic mass is 10.1. The Bertz CT molecular complexity index is 1340. The number of nitrogens with one attached hydrogen (secondary N) is 1. The second-order valence-electron chi connectivity index (χ2n) is 6.71. The average Bonchev–Trinajstić information content (AvgIpc) is 3.17. The summed E-state index contributed by atoms with van der Waals surface area (Å²) < 4.78 is 92.8. The number of hydrogen-bond acceptors (Lipinski definition) is 4. The number of hydrogen-bond donors (Lipinski definition) is 1. The molecule has 4 rings (SSSR count). The predicted octanol–water partition coefficient (Wildman–Crippen LogP) is 5.22. The molecule has 2 heterocycles. The zero-order valence-electron chi connectivity index (χ0n) is 16.0. The number of anilines is 1. The smallest absolute Gasteiger partial charge is 0.319 e. The molecule has 0 aliphatic carbocycles. The number of amides is 1. The van der Waals surface area contributed by atoms with Crippen molar-refractivity contribution in [2.45, 2.75) is 12.4 Å². The second kappa shape index (κ2) is 7.83. The van der Waals surface area contributed by atoms with Crippen molar-refractivity contribution in [3.8, 4) is 11.3 Å². The van der Waals surface area contributed by atoms with E-state index in [4.69, 9.17) is 0 Å². The minimum Gasteiger partial charge on any atom is -0.319 e. The van der Waals surface area contributed by atoms with Crippen LogP contribution in [0.25, 0.3) is 17.0 Å². The summed E-state index contributed by atoms with van der Waals surface area (Å²) in [7, 11) is 0. The van der Waals surface area contributed by atoms with Gasteiger partial charge in [-0.2, -0.15) is 35.8 Å². The number of fused-ring (bicyclic) bond motifs is 1. The maximum Gasteiger partial charge on any atom is 0.433 e. The van der Waals surface area contributed by atoms with Crippen molar-refractivity contribution < 1.29 is 35.5 Å². The summed E-state index contributed by atoms with van der Waals surface area (Å²) in [6.45, 7) is 0. The van der Waals surface area contributed by atoms with Crippen LogP contribution in [-0.2, 0) is 12.4 Å². The highest BCUT2D eigenvalue weighted by molar-refractivity contribution is 6.01. The Morgan fingerprint density at radius 2 is 1.58 bits per heavy atom. The Hall–Kier alpha value is -4.03. The van der Waals surface area contributed by atoms with E-state index in [0.29, 0.717) is 16.6 Å². The van der Waals surface area contributed by atoms with E-state index in [1.165, 1.54) is 12.1 Å². The van der Waals surface area contributed by atoms with Crippen molar-refractivity contribution in [2.75, 3.05) is 5.32 Å². The molecule has 4 aromatic rings. The number of alkyl halides is 6. The van der Waals surface area contributed by atoms with Gasteiger partial charge in [0.05, 0.1) is 11.3 Å². The van der Waals surface area contributed by atoms with Crippen molar-refractivity contribution >= 4 is 17.4 Å². The largest absolute Gasteiger partial charge is 0.433 e. The normalized spacial score (nSPS) is 12.2. The van der Waals surface area contributed by atoms with Crippen molar-refractivity contribution in [1.82, 2.24) is 19.6 Å². The lowest BCUT2D eigenvalue weighted by molar-refractivity contribution is -0.142. The second-order valence-corrected chi connectivity index (χ2v) is 6.71. The topological polar surface area (TPSA) is 72.2 Å². The van der Waals surface area contributed by atoms with Crippen molar-refractivity contribution in [3.05, 3.63) is 77.5 Å². The van der Waals surface area contributed by atoms with E-state index in [1.54, 1.807) is 0 Å². The highest BCUT2D eigenvalue weighted by Crippen LogP contribution is 2.32. The molecule has 0 unspecified atom stereocenters. The molecular formula is C20H10F7N5O. The molecule has 0 atom stereocenters. The lowest BCUT2D eigenvalue weighted by Crippen LogP contribution is -2.16. The van der Waals surface area contributed by atoms with E-state index < -0.39 is 46.9 Å². The molecule has 0 saturated heterocycles. The van der Waals surface area contributed by atoms with E-state index in [9.17, 15) is 35.5 Å². The molecule has 33 heavy (non-hydrogen) atoms. The quantitative estimate of drug-likeness (QED) is 0.418.